The number of hydrogen-bond donors (Lipinski definition) is 3. The van der Waals surface area contributed by atoms with Crippen molar-refractivity contribution >= 4 is 21.8 Å². The molecule has 0 fully saturated rings. The normalized spacial score (nSPS) is 10.6. The van der Waals surface area contributed by atoms with Crippen LogP contribution in [0.5, 0.6) is 0 Å². The Kier molecular flexibility index (Phi) is 7.11. The summed E-state index contributed by atoms with van der Waals surface area (Å²) in [5, 5.41) is 5.18. The van der Waals surface area contributed by atoms with Crippen LogP contribution in [0.2, 0.25) is 0 Å². The van der Waals surface area contributed by atoms with Gasteiger partial charge in [0, 0.05) is 12.1 Å². The topological polar surface area (TPSA) is 104 Å². The van der Waals surface area contributed by atoms with Crippen molar-refractivity contribution in [2.24, 2.45) is 0 Å². The molecule has 27 heavy (non-hydrogen) atoms. The minimum absolute atomic E-state index is 0.00472. The smallest absolute Gasteiger partial charge is 0.251 e. The van der Waals surface area contributed by atoms with Gasteiger partial charge < -0.3 is 10.6 Å². The van der Waals surface area contributed by atoms with E-state index >= 15 is 0 Å². The molecule has 7 nitrogen and oxygen atoms in total. The van der Waals surface area contributed by atoms with Crippen molar-refractivity contribution in [1.82, 2.24) is 15.4 Å². The predicted octanol–water partition coefficient (Wildman–Crippen LogP) is 0.644. The van der Waals surface area contributed by atoms with Crippen molar-refractivity contribution in [2.75, 3.05) is 13.1 Å². The van der Waals surface area contributed by atoms with Crippen LogP contribution >= 0.6 is 0 Å². The number of amides is 2. The van der Waals surface area contributed by atoms with Gasteiger partial charge in [0.05, 0.1) is 18.0 Å². The molecule has 2 rings (SSSR count). The van der Waals surface area contributed by atoms with Crippen LogP contribution < -0.4 is 15.4 Å². The lowest BCUT2D eigenvalue weighted by Crippen LogP contribution is -2.36. The molecule has 0 aromatic heterocycles. The van der Waals surface area contributed by atoms with E-state index in [0.717, 1.165) is 5.56 Å². The fraction of sp³-hybridized carbons (Fsp3) is 0.158. The Bertz CT molecular complexity index is 933. The van der Waals surface area contributed by atoms with Gasteiger partial charge in [0.15, 0.2) is 0 Å². The Hall–Kier alpha value is -3.15. The molecule has 0 unspecified atom stereocenters. The van der Waals surface area contributed by atoms with Crippen LogP contribution in [0.1, 0.15) is 15.9 Å². The van der Waals surface area contributed by atoms with E-state index in [4.69, 9.17) is 6.42 Å². The molecular weight excluding hydrogens is 366 g/mol. The minimum Gasteiger partial charge on any atom is -0.350 e. The lowest BCUT2D eigenvalue weighted by Gasteiger charge is -2.08. The standard InChI is InChI=1S/C19H19N3O4S/c1-2-12-22-27(25,26)17-10-8-16(9-11-17)19(24)21-14-18(23)20-13-15-6-4-3-5-7-15/h1,3-11,22H,12-14H2,(H,20,23)(H,21,24). The van der Waals surface area contributed by atoms with Crippen molar-refractivity contribution in [2.45, 2.75) is 11.4 Å². The molecule has 0 spiro atoms. The van der Waals surface area contributed by atoms with Gasteiger partial charge in [-0.25, -0.2) is 8.42 Å². The summed E-state index contributed by atoms with van der Waals surface area (Å²) in [7, 11) is -3.71. The maximum Gasteiger partial charge on any atom is 0.251 e. The number of hydrogen-bond acceptors (Lipinski definition) is 4. The molecule has 0 aliphatic heterocycles. The molecule has 0 saturated heterocycles. The van der Waals surface area contributed by atoms with E-state index in [1.165, 1.54) is 24.3 Å². The molecule has 2 amide bonds. The van der Waals surface area contributed by atoms with E-state index in [2.05, 4.69) is 21.3 Å². The van der Waals surface area contributed by atoms with E-state index in [1.54, 1.807) is 0 Å². The van der Waals surface area contributed by atoms with Crippen LogP contribution in [-0.2, 0) is 21.4 Å². The molecule has 0 bridgehead atoms. The van der Waals surface area contributed by atoms with Crippen molar-refractivity contribution in [3.05, 3.63) is 65.7 Å². The highest BCUT2D eigenvalue weighted by atomic mass is 32.2. The van der Waals surface area contributed by atoms with Crippen LogP contribution in [0.3, 0.4) is 0 Å². The number of terminal acetylenes is 1. The van der Waals surface area contributed by atoms with Crippen molar-refractivity contribution in [1.29, 1.82) is 0 Å². The molecule has 140 valence electrons. The van der Waals surface area contributed by atoms with Crippen LogP contribution in [-0.4, -0.2) is 33.3 Å². The summed E-state index contributed by atoms with van der Waals surface area (Å²) >= 11 is 0. The summed E-state index contributed by atoms with van der Waals surface area (Å²) in [6.45, 7) is 0.0604. The average Bonchev–Trinajstić information content (AvgIpc) is 2.70. The fourth-order valence-corrected chi connectivity index (χ4v) is 3.06. The van der Waals surface area contributed by atoms with Crippen LogP contribution in [0.15, 0.2) is 59.5 Å². The van der Waals surface area contributed by atoms with Gasteiger partial charge in [0.25, 0.3) is 5.91 Å². The van der Waals surface area contributed by atoms with Gasteiger partial charge in [-0.05, 0) is 29.8 Å². The number of rotatable bonds is 8. The van der Waals surface area contributed by atoms with Crippen LogP contribution in [0.4, 0.5) is 0 Å². The van der Waals surface area contributed by atoms with Gasteiger partial charge in [-0.3, -0.25) is 9.59 Å². The summed E-state index contributed by atoms with van der Waals surface area (Å²) in [6, 6.07) is 14.7. The van der Waals surface area contributed by atoms with Crippen LogP contribution in [0.25, 0.3) is 0 Å². The quantitative estimate of drug-likeness (QED) is 0.580. The molecule has 0 aliphatic carbocycles. The summed E-state index contributed by atoms with van der Waals surface area (Å²) in [5.41, 5.74) is 1.19. The maximum absolute atomic E-state index is 12.1. The molecule has 8 heteroatoms. The van der Waals surface area contributed by atoms with Gasteiger partial charge in [0.1, 0.15) is 0 Å². The molecule has 3 N–H and O–H groups in total. The Morgan fingerprint density at radius 3 is 2.26 bits per heavy atom. The van der Waals surface area contributed by atoms with E-state index in [9.17, 15) is 18.0 Å². The first-order valence-corrected chi connectivity index (χ1v) is 9.53. The Balaban J connectivity index is 1.85. The van der Waals surface area contributed by atoms with Crippen molar-refractivity contribution in [3.8, 4) is 12.3 Å². The van der Waals surface area contributed by atoms with Gasteiger partial charge >= 0.3 is 0 Å². The highest BCUT2D eigenvalue weighted by Gasteiger charge is 2.14. The molecular formula is C19H19N3O4S. The number of sulfonamides is 1. The Labute approximate surface area is 158 Å². The minimum atomic E-state index is -3.71. The van der Waals surface area contributed by atoms with Gasteiger partial charge in [-0.2, -0.15) is 4.72 Å². The molecule has 0 saturated carbocycles. The van der Waals surface area contributed by atoms with Crippen molar-refractivity contribution in [3.63, 3.8) is 0 Å². The van der Waals surface area contributed by atoms with Crippen LogP contribution in [0, 0.1) is 12.3 Å². The first kappa shape index (κ1) is 20.2. The predicted molar refractivity (Wildman–Crippen MR) is 101 cm³/mol. The monoisotopic (exact) mass is 385 g/mol. The first-order valence-electron chi connectivity index (χ1n) is 8.04. The molecule has 2 aromatic carbocycles. The highest BCUT2D eigenvalue weighted by Crippen LogP contribution is 2.10. The van der Waals surface area contributed by atoms with E-state index in [0.29, 0.717) is 6.54 Å². The first-order chi connectivity index (χ1) is 12.9. The second kappa shape index (κ2) is 9.52. The lowest BCUT2D eigenvalue weighted by atomic mass is 10.2. The number of nitrogens with one attached hydrogen (secondary N) is 3. The highest BCUT2D eigenvalue weighted by molar-refractivity contribution is 7.89. The van der Waals surface area contributed by atoms with E-state index in [-0.39, 0.29) is 29.5 Å². The average molecular weight is 385 g/mol. The zero-order valence-electron chi connectivity index (χ0n) is 14.4. The summed E-state index contributed by atoms with van der Waals surface area (Å²) in [4.78, 5) is 23.9. The third-order valence-electron chi connectivity index (χ3n) is 3.53. The maximum atomic E-state index is 12.1. The fourth-order valence-electron chi connectivity index (χ4n) is 2.13. The third kappa shape index (κ3) is 6.26. The number of benzene rings is 2. The zero-order chi connectivity index (χ0) is 19.7. The largest absolute Gasteiger partial charge is 0.350 e. The molecule has 0 heterocycles. The van der Waals surface area contributed by atoms with Gasteiger partial charge in [-0.15, -0.1) is 6.42 Å². The second-order valence-electron chi connectivity index (χ2n) is 5.50. The van der Waals surface area contributed by atoms with E-state index in [1.807, 2.05) is 30.3 Å². The third-order valence-corrected chi connectivity index (χ3v) is 4.95. The Morgan fingerprint density at radius 1 is 0.963 bits per heavy atom. The SMILES string of the molecule is C#CCNS(=O)(=O)c1ccc(C(=O)NCC(=O)NCc2ccccc2)cc1. The zero-order valence-corrected chi connectivity index (χ0v) is 15.3. The molecule has 0 aliphatic rings. The summed E-state index contributed by atoms with van der Waals surface area (Å²) < 4.78 is 26.1. The number of carbonyl (C=O) groups excluding carboxylic acids is 2. The summed E-state index contributed by atoms with van der Waals surface area (Å²) in [6.07, 6.45) is 5.03. The van der Waals surface area contributed by atoms with Gasteiger partial charge in [-0.1, -0.05) is 36.3 Å². The van der Waals surface area contributed by atoms with Crippen molar-refractivity contribution < 1.29 is 18.0 Å². The molecule has 2 aromatic rings. The van der Waals surface area contributed by atoms with Gasteiger partial charge in [0.2, 0.25) is 15.9 Å². The Morgan fingerprint density at radius 2 is 1.63 bits per heavy atom. The second-order valence-corrected chi connectivity index (χ2v) is 7.27. The number of carbonyl (C=O) groups is 2. The summed E-state index contributed by atoms with van der Waals surface area (Å²) in [5.74, 6) is 1.37. The lowest BCUT2D eigenvalue weighted by molar-refractivity contribution is -0.120. The van der Waals surface area contributed by atoms with E-state index < -0.39 is 15.9 Å². The molecule has 0 atom stereocenters. The molecule has 0 radical (unpaired) electrons.